The topological polar surface area (TPSA) is 4.93 Å². The van der Waals surface area contributed by atoms with E-state index in [9.17, 15) is 0 Å². The van der Waals surface area contributed by atoms with Crippen molar-refractivity contribution in [2.75, 3.05) is 0 Å². The molecule has 2 rings (SSSR count). The molecule has 1 heterocycles. The maximum atomic E-state index is 3.91. The summed E-state index contributed by atoms with van der Waals surface area (Å²) in [6.07, 6.45) is 3.76. The van der Waals surface area contributed by atoms with Gasteiger partial charge in [-0.1, -0.05) is 31.4 Å². The molecule has 1 aromatic heterocycles. The van der Waals surface area contributed by atoms with E-state index in [2.05, 4.69) is 31.4 Å². The van der Waals surface area contributed by atoms with Crippen LogP contribution in [0, 0.1) is 0 Å². The molecule has 1 nitrogen and oxygen atoms in total. The second kappa shape index (κ2) is 2.94. The zero-order valence-electron chi connectivity index (χ0n) is 7.40. The first-order valence-electron chi connectivity index (χ1n) is 4.21. The highest BCUT2D eigenvalue weighted by Gasteiger charge is 1.99. The first kappa shape index (κ1) is 7.87. The second-order valence-electron chi connectivity index (χ2n) is 2.94. The number of nitrogens with zero attached hydrogens (tertiary/aromatic N) is 1. The molecule has 0 aliphatic heterocycles. The van der Waals surface area contributed by atoms with E-state index < -0.39 is 0 Å². The standard InChI is InChI=1S/C12H11N/c1-3-10(2)13-9-8-11-6-4-5-7-12(11)13/h3-9H,1-2H2. The summed E-state index contributed by atoms with van der Waals surface area (Å²) in [5.74, 6) is 0. The monoisotopic (exact) mass is 169 g/mol. The van der Waals surface area contributed by atoms with Gasteiger partial charge in [-0.15, -0.1) is 0 Å². The zero-order valence-corrected chi connectivity index (χ0v) is 7.40. The molecule has 0 atom stereocenters. The highest BCUT2D eigenvalue weighted by molar-refractivity contribution is 5.84. The predicted octanol–water partition coefficient (Wildman–Crippen LogP) is 3.30. The molecule has 1 aromatic carbocycles. The van der Waals surface area contributed by atoms with Gasteiger partial charge in [-0.3, -0.25) is 0 Å². The molecule has 64 valence electrons. The molecule has 0 saturated heterocycles. The largest absolute Gasteiger partial charge is 0.317 e. The fourth-order valence-corrected chi connectivity index (χ4v) is 1.43. The van der Waals surface area contributed by atoms with Gasteiger partial charge in [0.15, 0.2) is 0 Å². The van der Waals surface area contributed by atoms with Gasteiger partial charge in [-0.2, -0.15) is 0 Å². The number of fused-ring (bicyclic) bond motifs is 1. The van der Waals surface area contributed by atoms with Crippen molar-refractivity contribution >= 4 is 16.6 Å². The zero-order chi connectivity index (χ0) is 9.26. The van der Waals surface area contributed by atoms with Crippen molar-refractivity contribution in [1.29, 1.82) is 0 Å². The number of hydrogen-bond acceptors (Lipinski definition) is 0. The fraction of sp³-hybridized carbons (Fsp3) is 0. The van der Waals surface area contributed by atoms with E-state index in [1.54, 1.807) is 6.08 Å². The van der Waals surface area contributed by atoms with Crippen molar-refractivity contribution in [2.24, 2.45) is 0 Å². The molecule has 0 fully saturated rings. The van der Waals surface area contributed by atoms with Gasteiger partial charge in [-0.25, -0.2) is 0 Å². The molecule has 0 saturated carbocycles. The fourth-order valence-electron chi connectivity index (χ4n) is 1.43. The lowest BCUT2D eigenvalue weighted by molar-refractivity contribution is 1.19. The summed E-state index contributed by atoms with van der Waals surface area (Å²) in [4.78, 5) is 0. The van der Waals surface area contributed by atoms with E-state index in [1.165, 1.54) is 10.9 Å². The number of aromatic nitrogens is 1. The summed E-state index contributed by atoms with van der Waals surface area (Å²) < 4.78 is 2.03. The molecule has 2 aromatic rings. The molecule has 0 spiro atoms. The van der Waals surface area contributed by atoms with Gasteiger partial charge in [0, 0.05) is 11.9 Å². The summed E-state index contributed by atoms with van der Waals surface area (Å²) in [6.45, 7) is 7.61. The summed E-state index contributed by atoms with van der Waals surface area (Å²) >= 11 is 0. The SMILES string of the molecule is C=CC(=C)n1ccc2ccccc21. The molecule has 1 heteroatoms. The first-order valence-corrected chi connectivity index (χ1v) is 4.21. The average Bonchev–Trinajstić information content (AvgIpc) is 2.60. The van der Waals surface area contributed by atoms with Gasteiger partial charge in [0.2, 0.25) is 0 Å². The minimum Gasteiger partial charge on any atom is -0.317 e. The van der Waals surface area contributed by atoms with Crippen LogP contribution in [0.2, 0.25) is 0 Å². The molecular weight excluding hydrogens is 158 g/mol. The highest BCUT2D eigenvalue weighted by atomic mass is 15.0. The van der Waals surface area contributed by atoms with Crippen LogP contribution in [0.4, 0.5) is 0 Å². The third kappa shape index (κ3) is 1.18. The van der Waals surface area contributed by atoms with Crippen LogP contribution in [0.25, 0.3) is 16.6 Å². The Morgan fingerprint density at radius 2 is 2.00 bits per heavy atom. The van der Waals surface area contributed by atoms with Crippen LogP contribution in [-0.4, -0.2) is 4.57 Å². The number of para-hydroxylation sites is 1. The average molecular weight is 169 g/mol. The molecule has 13 heavy (non-hydrogen) atoms. The molecule has 0 aliphatic rings. The Labute approximate surface area is 77.6 Å². The van der Waals surface area contributed by atoms with E-state index in [4.69, 9.17) is 0 Å². The van der Waals surface area contributed by atoms with Crippen LogP contribution in [0.3, 0.4) is 0 Å². The third-order valence-corrected chi connectivity index (χ3v) is 2.14. The van der Waals surface area contributed by atoms with Crippen LogP contribution in [0.1, 0.15) is 0 Å². The van der Waals surface area contributed by atoms with E-state index >= 15 is 0 Å². The lowest BCUT2D eigenvalue weighted by Crippen LogP contribution is -1.89. The Morgan fingerprint density at radius 3 is 2.77 bits per heavy atom. The number of allylic oxidation sites excluding steroid dienone is 2. The van der Waals surface area contributed by atoms with E-state index in [0.717, 1.165) is 5.70 Å². The molecule has 0 radical (unpaired) electrons. The Balaban J connectivity index is 2.71. The smallest absolute Gasteiger partial charge is 0.0528 e. The molecule has 0 unspecified atom stereocenters. The van der Waals surface area contributed by atoms with Crippen LogP contribution >= 0.6 is 0 Å². The Bertz CT molecular complexity index is 463. The number of hydrogen-bond donors (Lipinski definition) is 0. The number of benzene rings is 1. The Hall–Kier alpha value is -1.76. The van der Waals surface area contributed by atoms with Gasteiger partial charge in [-0.05, 0) is 23.6 Å². The lowest BCUT2D eigenvalue weighted by Gasteiger charge is -2.02. The van der Waals surface area contributed by atoms with Crippen molar-refractivity contribution in [3.05, 3.63) is 55.8 Å². The quantitative estimate of drug-likeness (QED) is 0.608. The minimum absolute atomic E-state index is 0.904. The van der Waals surface area contributed by atoms with Crippen molar-refractivity contribution in [2.45, 2.75) is 0 Å². The summed E-state index contributed by atoms with van der Waals surface area (Å²) in [7, 11) is 0. The first-order chi connectivity index (χ1) is 6.33. The summed E-state index contributed by atoms with van der Waals surface area (Å²) in [5, 5.41) is 1.23. The Morgan fingerprint density at radius 1 is 1.23 bits per heavy atom. The van der Waals surface area contributed by atoms with Gasteiger partial charge in [0.05, 0.1) is 5.52 Å². The van der Waals surface area contributed by atoms with Crippen LogP contribution in [-0.2, 0) is 0 Å². The van der Waals surface area contributed by atoms with Crippen molar-refractivity contribution in [1.82, 2.24) is 4.57 Å². The van der Waals surface area contributed by atoms with E-state index in [-0.39, 0.29) is 0 Å². The Kier molecular flexibility index (Phi) is 1.78. The third-order valence-electron chi connectivity index (χ3n) is 2.14. The highest BCUT2D eigenvalue weighted by Crippen LogP contribution is 2.18. The molecule has 0 N–H and O–H groups in total. The minimum atomic E-state index is 0.904. The van der Waals surface area contributed by atoms with Crippen molar-refractivity contribution in [3.8, 4) is 0 Å². The normalized spacial score (nSPS) is 10.2. The van der Waals surface area contributed by atoms with Gasteiger partial charge in [0.1, 0.15) is 0 Å². The second-order valence-corrected chi connectivity index (χ2v) is 2.94. The van der Waals surface area contributed by atoms with Gasteiger partial charge in [0.25, 0.3) is 0 Å². The lowest BCUT2D eigenvalue weighted by atomic mass is 10.2. The summed E-state index contributed by atoms with van der Waals surface area (Å²) in [5.41, 5.74) is 2.08. The number of rotatable bonds is 2. The molecular formula is C12H11N. The maximum absolute atomic E-state index is 3.91. The van der Waals surface area contributed by atoms with Crippen molar-refractivity contribution < 1.29 is 0 Å². The van der Waals surface area contributed by atoms with Gasteiger partial charge < -0.3 is 4.57 Å². The van der Waals surface area contributed by atoms with Crippen LogP contribution < -0.4 is 0 Å². The van der Waals surface area contributed by atoms with E-state index in [0.29, 0.717) is 0 Å². The van der Waals surface area contributed by atoms with E-state index in [1.807, 2.05) is 22.9 Å². The summed E-state index contributed by atoms with van der Waals surface area (Å²) in [6, 6.07) is 10.3. The molecule has 0 aliphatic carbocycles. The van der Waals surface area contributed by atoms with Gasteiger partial charge >= 0.3 is 0 Å². The predicted molar refractivity (Wildman–Crippen MR) is 57.5 cm³/mol. The molecule has 0 amide bonds. The van der Waals surface area contributed by atoms with Crippen LogP contribution in [0.15, 0.2) is 55.8 Å². The van der Waals surface area contributed by atoms with Crippen molar-refractivity contribution in [3.63, 3.8) is 0 Å². The molecule has 0 bridgehead atoms. The van der Waals surface area contributed by atoms with Crippen LogP contribution in [0.5, 0.6) is 0 Å². The maximum Gasteiger partial charge on any atom is 0.0528 e.